The normalized spacial score (nSPS) is 19.0. The second-order valence-electron chi connectivity index (χ2n) is 5.48. The molecule has 1 aliphatic heterocycles. The van der Waals surface area contributed by atoms with Crippen LogP contribution in [0.4, 0.5) is 0 Å². The molecule has 5 heteroatoms. The average Bonchev–Trinajstić information content (AvgIpc) is 2.56. The zero-order valence-corrected chi connectivity index (χ0v) is 15.8. The van der Waals surface area contributed by atoms with Crippen molar-refractivity contribution in [3.05, 3.63) is 69.8 Å². The summed E-state index contributed by atoms with van der Waals surface area (Å²) in [6.07, 6.45) is 3.09. The molecule has 3 rings (SSSR count). The number of rotatable bonds is 4. The molecule has 3 nitrogen and oxygen atoms in total. The first-order valence-corrected chi connectivity index (χ1v) is 13.0. The van der Waals surface area contributed by atoms with Crippen LogP contribution in [-0.4, -0.2) is 16.6 Å². The van der Waals surface area contributed by atoms with Crippen LogP contribution in [0.5, 0.6) is 0 Å². The van der Waals surface area contributed by atoms with Gasteiger partial charge in [0.15, 0.2) is 0 Å². The molecule has 1 aliphatic rings. The molecular formula is C18H20INO2S. The summed E-state index contributed by atoms with van der Waals surface area (Å²) in [6, 6.07) is 19.6. The molecule has 0 bridgehead atoms. The van der Waals surface area contributed by atoms with E-state index in [1.165, 1.54) is 9.99 Å². The first-order valence-electron chi connectivity index (χ1n) is 7.70. The Morgan fingerprint density at radius 3 is 2.26 bits per heavy atom. The summed E-state index contributed by atoms with van der Waals surface area (Å²) in [5.41, 5.74) is 0.799. The molecule has 2 aromatic rings. The first-order chi connectivity index (χ1) is 11.1. The fraction of sp³-hybridized carbons (Fsp3) is 0.278. The van der Waals surface area contributed by atoms with E-state index in [1.807, 2.05) is 48.5 Å². The molecule has 0 aliphatic carbocycles. The number of nitrogens with zero attached hydrogens (tertiary/aromatic N) is 1. The van der Waals surface area contributed by atoms with Gasteiger partial charge in [-0.2, -0.15) is 0 Å². The molecule has 0 saturated carbocycles. The van der Waals surface area contributed by atoms with Crippen molar-refractivity contribution in [2.45, 2.75) is 25.0 Å². The molecular weight excluding hydrogens is 421 g/mol. The average molecular weight is 441 g/mol. The van der Waals surface area contributed by atoms with Crippen LogP contribution in [0.15, 0.2) is 65.1 Å². The van der Waals surface area contributed by atoms with Crippen molar-refractivity contribution in [1.82, 2.24) is 0 Å². The van der Waals surface area contributed by atoms with Gasteiger partial charge in [0.25, 0.3) is 0 Å². The zero-order valence-electron chi connectivity index (χ0n) is 12.9. The first kappa shape index (κ1) is 16.6. The number of hydrogen-bond donors (Lipinski definition) is 0. The minimum atomic E-state index is -3.45. The van der Waals surface area contributed by atoms with Crippen molar-refractivity contribution in [2.75, 3.05) is 4.43 Å². The SMILES string of the molecule is O=S(=O)(Cc1ccccc1)N=C1CCCCI1c1ccccc1. The fourth-order valence-electron chi connectivity index (χ4n) is 2.58. The maximum atomic E-state index is 12.5. The predicted molar refractivity (Wildman–Crippen MR) is 104 cm³/mol. The molecule has 1 saturated heterocycles. The number of alkyl halides is 1. The van der Waals surface area contributed by atoms with Gasteiger partial charge in [0.05, 0.1) is 0 Å². The Morgan fingerprint density at radius 2 is 1.57 bits per heavy atom. The van der Waals surface area contributed by atoms with E-state index in [9.17, 15) is 8.42 Å². The molecule has 122 valence electrons. The summed E-state index contributed by atoms with van der Waals surface area (Å²) in [4.78, 5) is 0. The van der Waals surface area contributed by atoms with Crippen LogP contribution in [0, 0.1) is 3.57 Å². The summed E-state index contributed by atoms with van der Waals surface area (Å²) < 4.78 is 32.7. The molecule has 0 aromatic heterocycles. The molecule has 0 atom stereocenters. The van der Waals surface area contributed by atoms with Crippen LogP contribution in [0.25, 0.3) is 0 Å². The van der Waals surface area contributed by atoms with E-state index < -0.39 is 29.8 Å². The molecule has 23 heavy (non-hydrogen) atoms. The topological polar surface area (TPSA) is 46.5 Å². The summed E-state index contributed by atoms with van der Waals surface area (Å²) in [5.74, 6) is -0.00385. The Bertz CT molecular complexity index is 773. The van der Waals surface area contributed by atoms with Crippen molar-refractivity contribution in [3.8, 4) is 0 Å². The van der Waals surface area contributed by atoms with Gasteiger partial charge in [-0.1, -0.05) is 0 Å². The van der Waals surface area contributed by atoms with Gasteiger partial charge in [-0.15, -0.1) is 0 Å². The molecule has 2 aromatic carbocycles. The quantitative estimate of drug-likeness (QED) is 0.519. The minimum absolute atomic E-state index is 0.00385. The van der Waals surface area contributed by atoms with E-state index in [1.54, 1.807) is 0 Å². The third-order valence-electron chi connectivity index (χ3n) is 3.65. The molecule has 1 heterocycles. The predicted octanol–water partition coefficient (Wildman–Crippen LogP) is 4.48. The van der Waals surface area contributed by atoms with Gasteiger partial charge in [-0.05, 0) is 0 Å². The van der Waals surface area contributed by atoms with E-state index in [0.717, 1.165) is 26.6 Å². The molecule has 0 N–H and O–H groups in total. The number of benzene rings is 2. The second-order valence-corrected chi connectivity index (χ2v) is 12.8. The van der Waals surface area contributed by atoms with E-state index in [-0.39, 0.29) is 5.75 Å². The third-order valence-corrected chi connectivity index (χ3v) is 11.5. The summed E-state index contributed by atoms with van der Waals surface area (Å²) in [7, 11) is -3.45. The number of sulfonamides is 1. The van der Waals surface area contributed by atoms with Gasteiger partial charge >= 0.3 is 146 Å². The second kappa shape index (κ2) is 7.57. The Morgan fingerprint density at radius 1 is 0.913 bits per heavy atom. The molecule has 0 spiro atoms. The molecule has 0 radical (unpaired) electrons. The van der Waals surface area contributed by atoms with Crippen molar-refractivity contribution >= 4 is 33.6 Å². The van der Waals surface area contributed by atoms with Crippen molar-refractivity contribution in [3.63, 3.8) is 0 Å². The van der Waals surface area contributed by atoms with Crippen molar-refractivity contribution in [2.24, 2.45) is 4.40 Å². The van der Waals surface area contributed by atoms with Crippen LogP contribution in [0.1, 0.15) is 24.8 Å². The summed E-state index contributed by atoms with van der Waals surface area (Å²) >= 11 is -1.64. The maximum absolute atomic E-state index is 12.5. The Kier molecular flexibility index (Phi) is 5.48. The summed E-state index contributed by atoms with van der Waals surface area (Å²) in [5, 5.41) is 0. The molecule has 0 unspecified atom stereocenters. The molecule has 0 amide bonds. The van der Waals surface area contributed by atoms with Crippen LogP contribution >= 0.6 is 19.8 Å². The van der Waals surface area contributed by atoms with Gasteiger partial charge in [0, 0.05) is 0 Å². The zero-order chi connectivity index (χ0) is 16.1. The van der Waals surface area contributed by atoms with Crippen molar-refractivity contribution in [1.29, 1.82) is 0 Å². The van der Waals surface area contributed by atoms with E-state index in [2.05, 4.69) is 16.5 Å². The van der Waals surface area contributed by atoms with Crippen LogP contribution in [-0.2, 0) is 15.8 Å². The van der Waals surface area contributed by atoms with Gasteiger partial charge < -0.3 is 0 Å². The van der Waals surface area contributed by atoms with Gasteiger partial charge in [-0.25, -0.2) is 0 Å². The van der Waals surface area contributed by atoms with Crippen LogP contribution < -0.4 is 0 Å². The number of halogens is 1. The van der Waals surface area contributed by atoms with Gasteiger partial charge in [-0.3, -0.25) is 0 Å². The third kappa shape index (κ3) is 4.64. The standard InChI is InChI=1S/C18H20INO2S/c21-23(22,15-16-9-3-1-4-10-16)20-18-13-7-8-14-19(18)17-11-5-2-6-12-17/h1-6,9-12H,7-8,13-15H2. The van der Waals surface area contributed by atoms with Gasteiger partial charge in [0.1, 0.15) is 0 Å². The summed E-state index contributed by atoms with van der Waals surface area (Å²) in [6.45, 7) is 0. The van der Waals surface area contributed by atoms with E-state index in [4.69, 9.17) is 0 Å². The number of hydrogen-bond acceptors (Lipinski definition) is 2. The monoisotopic (exact) mass is 441 g/mol. The van der Waals surface area contributed by atoms with Gasteiger partial charge in [0.2, 0.25) is 0 Å². The van der Waals surface area contributed by atoms with Crippen LogP contribution in [0.2, 0.25) is 0 Å². The van der Waals surface area contributed by atoms with Crippen LogP contribution in [0.3, 0.4) is 0 Å². The molecule has 1 fully saturated rings. The Balaban J connectivity index is 1.86. The van der Waals surface area contributed by atoms with Crippen molar-refractivity contribution < 1.29 is 8.42 Å². The van der Waals surface area contributed by atoms with E-state index in [0.29, 0.717) is 0 Å². The fourth-order valence-corrected chi connectivity index (χ4v) is 10.9. The Hall–Kier alpha value is -1.21. The Labute approximate surface area is 145 Å². The van der Waals surface area contributed by atoms with E-state index >= 15 is 0 Å².